The van der Waals surface area contributed by atoms with Crippen molar-refractivity contribution < 1.29 is 4.79 Å². The van der Waals surface area contributed by atoms with Gasteiger partial charge in [-0.15, -0.1) is 0 Å². The molecule has 1 aliphatic rings. The minimum atomic E-state index is 0.00195. The fourth-order valence-electron chi connectivity index (χ4n) is 2.81. The third-order valence-corrected chi connectivity index (χ3v) is 4.16. The zero-order valence-corrected chi connectivity index (χ0v) is 12.7. The number of hydrogen-bond acceptors (Lipinski definition) is 2. The standard InChI is InChI=1S/C16H22N4O/c1-3-19-12-14(13-6-4-5-7-15(13)19)17-16(21)20-10-8-18(2)9-11-20/h4-7,12H,3,8-11H2,1-2H3,(H,17,21). The Morgan fingerprint density at radius 3 is 2.62 bits per heavy atom. The fraction of sp³-hybridized carbons (Fsp3) is 0.438. The number of nitrogens with one attached hydrogen (secondary N) is 1. The van der Waals surface area contributed by atoms with Crippen molar-refractivity contribution in [3.8, 4) is 0 Å². The predicted molar refractivity (Wildman–Crippen MR) is 85.7 cm³/mol. The number of para-hydroxylation sites is 1. The summed E-state index contributed by atoms with van der Waals surface area (Å²) in [4.78, 5) is 16.5. The lowest BCUT2D eigenvalue weighted by atomic mass is 10.2. The molecule has 1 aliphatic heterocycles. The van der Waals surface area contributed by atoms with Crippen LogP contribution in [0.3, 0.4) is 0 Å². The van der Waals surface area contributed by atoms with Crippen LogP contribution in [0, 0.1) is 0 Å². The van der Waals surface area contributed by atoms with Crippen molar-refractivity contribution in [3.05, 3.63) is 30.5 Å². The van der Waals surface area contributed by atoms with E-state index >= 15 is 0 Å². The molecule has 0 unspecified atom stereocenters. The topological polar surface area (TPSA) is 40.5 Å². The highest BCUT2D eigenvalue weighted by Gasteiger charge is 2.20. The number of carbonyl (C=O) groups excluding carboxylic acids is 1. The Balaban J connectivity index is 1.80. The molecule has 3 rings (SSSR count). The molecule has 5 heteroatoms. The largest absolute Gasteiger partial charge is 0.346 e. The Hall–Kier alpha value is -2.01. The number of amides is 2. The third kappa shape index (κ3) is 2.74. The number of likely N-dealkylation sites (N-methyl/N-ethyl adjacent to an activating group) is 1. The summed E-state index contributed by atoms with van der Waals surface area (Å²) in [5, 5.41) is 4.17. The number of aromatic nitrogens is 1. The van der Waals surface area contributed by atoms with Crippen molar-refractivity contribution in [2.45, 2.75) is 13.5 Å². The lowest BCUT2D eigenvalue weighted by Gasteiger charge is -2.32. The molecule has 1 aromatic heterocycles. The van der Waals surface area contributed by atoms with E-state index in [1.165, 1.54) is 0 Å². The van der Waals surface area contributed by atoms with Gasteiger partial charge in [-0.25, -0.2) is 4.79 Å². The minimum Gasteiger partial charge on any atom is -0.346 e. The molecule has 0 atom stereocenters. The van der Waals surface area contributed by atoms with E-state index in [2.05, 4.69) is 40.9 Å². The van der Waals surface area contributed by atoms with E-state index in [0.29, 0.717) is 0 Å². The summed E-state index contributed by atoms with van der Waals surface area (Å²) in [5.74, 6) is 0. The number of carbonyl (C=O) groups is 1. The SMILES string of the molecule is CCn1cc(NC(=O)N2CCN(C)CC2)c2ccccc21. The highest BCUT2D eigenvalue weighted by Crippen LogP contribution is 2.26. The monoisotopic (exact) mass is 286 g/mol. The number of anilines is 1. The second kappa shape index (κ2) is 5.77. The number of hydrogen-bond donors (Lipinski definition) is 1. The second-order valence-corrected chi connectivity index (χ2v) is 5.57. The zero-order chi connectivity index (χ0) is 14.8. The number of benzene rings is 1. The summed E-state index contributed by atoms with van der Waals surface area (Å²) in [6.45, 7) is 6.45. The first-order valence-electron chi connectivity index (χ1n) is 7.51. The molecule has 1 saturated heterocycles. The normalized spacial score (nSPS) is 16.4. The Kier molecular flexibility index (Phi) is 3.84. The van der Waals surface area contributed by atoms with E-state index in [4.69, 9.17) is 0 Å². The van der Waals surface area contributed by atoms with Gasteiger partial charge in [0.2, 0.25) is 0 Å². The molecule has 5 nitrogen and oxygen atoms in total. The third-order valence-electron chi connectivity index (χ3n) is 4.16. The maximum absolute atomic E-state index is 12.4. The average molecular weight is 286 g/mol. The van der Waals surface area contributed by atoms with Gasteiger partial charge in [0.1, 0.15) is 0 Å². The van der Waals surface area contributed by atoms with Crippen molar-refractivity contribution in [3.63, 3.8) is 0 Å². The van der Waals surface area contributed by atoms with Crippen LogP contribution >= 0.6 is 0 Å². The van der Waals surface area contributed by atoms with E-state index in [-0.39, 0.29) is 6.03 Å². The van der Waals surface area contributed by atoms with Crippen LogP contribution in [0.5, 0.6) is 0 Å². The minimum absolute atomic E-state index is 0.00195. The van der Waals surface area contributed by atoms with Gasteiger partial charge in [0.05, 0.1) is 11.2 Å². The zero-order valence-electron chi connectivity index (χ0n) is 12.7. The molecule has 0 radical (unpaired) electrons. The van der Waals surface area contributed by atoms with Crippen molar-refractivity contribution in [1.82, 2.24) is 14.4 Å². The number of fused-ring (bicyclic) bond motifs is 1. The maximum atomic E-state index is 12.4. The number of urea groups is 1. The molecule has 112 valence electrons. The first kappa shape index (κ1) is 13.9. The lowest BCUT2D eigenvalue weighted by molar-refractivity contribution is 0.164. The molecule has 21 heavy (non-hydrogen) atoms. The Labute approximate surface area is 125 Å². The highest BCUT2D eigenvalue weighted by atomic mass is 16.2. The molecule has 1 N–H and O–H groups in total. The molecule has 0 saturated carbocycles. The molecule has 0 aliphatic carbocycles. The summed E-state index contributed by atoms with van der Waals surface area (Å²) in [7, 11) is 2.09. The molecule has 2 heterocycles. The molecular weight excluding hydrogens is 264 g/mol. The van der Waals surface area contributed by atoms with Crippen molar-refractivity contribution in [2.24, 2.45) is 0 Å². The summed E-state index contributed by atoms with van der Waals surface area (Å²) in [6, 6.07) is 8.18. The van der Waals surface area contributed by atoms with Crippen LogP contribution in [0.4, 0.5) is 10.5 Å². The summed E-state index contributed by atoms with van der Waals surface area (Å²) in [5.41, 5.74) is 2.06. The summed E-state index contributed by atoms with van der Waals surface area (Å²) in [6.07, 6.45) is 2.03. The first-order chi connectivity index (χ1) is 10.2. The Morgan fingerprint density at radius 1 is 1.19 bits per heavy atom. The van der Waals surface area contributed by atoms with E-state index in [0.717, 1.165) is 49.3 Å². The van der Waals surface area contributed by atoms with E-state index < -0.39 is 0 Å². The van der Waals surface area contributed by atoms with Crippen LogP contribution < -0.4 is 5.32 Å². The van der Waals surface area contributed by atoms with E-state index in [9.17, 15) is 4.79 Å². The van der Waals surface area contributed by atoms with Crippen LogP contribution in [0.15, 0.2) is 30.5 Å². The van der Waals surface area contributed by atoms with Gasteiger partial charge in [-0.3, -0.25) is 0 Å². The van der Waals surface area contributed by atoms with E-state index in [1.54, 1.807) is 0 Å². The smallest absolute Gasteiger partial charge is 0.321 e. The maximum Gasteiger partial charge on any atom is 0.321 e. The van der Waals surface area contributed by atoms with Crippen molar-refractivity contribution in [1.29, 1.82) is 0 Å². The lowest BCUT2D eigenvalue weighted by Crippen LogP contribution is -2.48. The van der Waals surface area contributed by atoms with Crippen LogP contribution in [0.2, 0.25) is 0 Å². The molecule has 0 bridgehead atoms. The molecule has 1 aromatic carbocycles. The second-order valence-electron chi connectivity index (χ2n) is 5.57. The van der Waals surface area contributed by atoms with Crippen LogP contribution in [-0.2, 0) is 6.54 Å². The number of piperazine rings is 1. The van der Waals surface area contributed by atoms with Gasteiger partial charge in [-0.1, -0.05) is 18.2 Å². The average Bonchev–Trinajstić information content (AvgIpc) is 2.86. The quantitative estimate of drug-likeness (QED) is 0.921. The molecule has 1 fully saturated rings. The highest BCUT2D eigenvalue weighted by molar-refractivity contribution is 6.01. The van der Waals surface area contributed by atoms with Gasteiger partial charge in [-0.05, 0) is 20.0 Å². The molecular formula is C16H22N4O. The van der Waals surface area contributed by atoms with Crippen molar-refractivity contribution in [2.75, 3.05) is 38.5 Å². The number of rotatable bonds is 2. The van der Waals surface area contributed by atoms with Crippen molar-refractivity contribution >= 4 is 22.6 Å². The fourth-order valence-corrected chi connectivity index (χ4v) is 2.81. The van der Waals surface area contributed by atoms with Gasteiger partial charge in [0.25, 0.3) is 0 Å². The van der Waals surface area contributed by atoms with Gasteiger partial charge >= 0.3 is 6.03 Å². The predicted octanol–water partition coefficient (Wildman–Crippen LogP) is 2.44. The van der Waals surface area contributed by atoms with Gasteiger partial charge < -0.3 is 19.7 Å². The number of nitrogens with zero attached hydrogens (tertiary/aromatic N) is 3. The summed E-state index contributed by atoms with van der Waals surface area (Å²) < 4.78 is 2.16. The van der Waals surface area contributed by atoms with Crippen LogP contribution in [0.25, 0.3) is 10.9 Å². The Bertz CT molecular complexity index is 641. The van der Waals surface area contributed by atoms with Gasteiger partial charge in [0, 0.05) is 44.3 Å². The van der Waals surface area contributed by atoms with Gasteiger partial charge in [0.15, 0.2) is 0 Å². The Morgan fingerprint density at radius 2 is 1.90 bits per heavy atom. The van der Waals surface area contributed by atoms with Crippen LogP contribution in [0.1, 0.15) is 6.92 Å². The van der Waals surface area contributed by atoms with E-state index in [1.807, 2.05) is 23.2 Å². The van der Waals surface area contributed by atoms with Crippen LogP contribution in [-0.4, -0.2) is 53.6 Å². The molecule has 0 spiro atoms. The molecule has 2 aromatic rings. The molecule has 2 amide bonds. The summed E-state index contributed by atoms with van der Waals surface area (Å²) >= 11 is 0. The van der Waals surface area contributed by atoms with Gasteiger partial charge in [-0.2, -0.15) is 0 Å². The first-order valence-corrected chi connectivity index (χ1v) is 7.51. The number of aryl methyl sites for hydroxylation is 1.